The normalized spacial score (nSPS) is 18.4. The summed E-state index contributed by atoms with van der Waals surface area (Å²) in [7, 11) is 0. The Hall–Kier alpha value is -2.73. The van der Waals surface area contributed by atoms with Crippen LogP contribution < -0.4 is 0 Å². The third-order valence-electron chi connectivity index (χ3n) is 5.28. The summed E-state index contributed by atoms with van der Waals surface area (Å²) in [6.07, 6.45) is 7.36. The van der Waals surface area contributed by atoms with Crippen LogP contribution in [0.2, 0.25) is 0 Å². The lowest BCUT2D eigenvalue weighted by Gasteiger charge is -2.19. The van der Waals surface area contributed by atoms with E-state index in [9.17, 15) is 4.79 Å². The fraction of sp³-hybridized carbons (Fsp3) is 0.273. The number of thioether (sulfide) groups is 1. The Morgan fingerprint density at radius 2 is 1.96 bits per heavy atom. The van der Waals surface area contributed by atoms with Crippen molar-refractivity contribution < 1.29 is 13.6 Å². The van der Waals surface area contributed by atoms with Gasteiger partial charge >= 0.3 is 0 Å². The lowest BCUT2D eigenvalue weighted by atomic mass is 10.1. The van der Waals surface area contributed by atoms with Gasteiger partial charge in [0.25, 0.3) is 5.91 Å². The molecule has 6 heteroatoms. The highest BCUT2D eigenvalue weighted by Crippen LogP contribution is 2.34. The molecule has 0 N–H and O–H groups in total. The molecule has 3 aromatic rings. The molecule has 1 aliphatic carbocycles. The fourth-order valence-corrected chi connectivity index (χ4v) is 4.70. The number of furan rings is 2. The average molecular weight is 392 g/mol. The molecule has 2 aromatic heterocycles. The van der Waals surface area contributed by atoms with Gasteiger partial charge in [-0.15, -0.1) is 11.8 Å². The molecule has 0 saturated carbocycles. The zero-order valence-corrected chi connectivity index (χ0v) is 16.2. The SMILES string of the molecule is O=C(CSc1ccc2c(c1)CCC2)N1N=C(c2ccco2)CC1c1ccco1. The summed E-state index contributed by atoms with van der Waals surface area (Å²) in [5, 5.41) is 6.12. The van der Waals surface area contributed by atoms with E-state index < -0.39 is 0 Å². The van der Waals surface area contributed by atoms with Crippen LogP contribution in [-0.4, -0.2) is 22.4 Å². The number of benzene rings is 1. The van der Waals surface area contributed by atoms with Crippen molar-refractivity contribution in [2.75, 3.05) is 5.75 Å². The van der Waals surface area contributed by atoms with E-state index in [0.29, 0.717) is 17.9 Å². The molecule has 2 aliphatic rings. The van der Waals surface area contributed by atoms with Crippen molar-refractivity contribution in [3.8, 4) is 0 Å². The Balaban J connectivity index is 1.33. The van der Waals surface area contributed by atoms with Gasteiger partial charge in [-0.25, -0.2) is 5.01 Å². The molecule has 0 saturated heterocycles. The number of fused-ring (bicyclic) bond motifs is 1. The Labute approximate surface area is 167 Å². The zero-order valence-electron chi connectivity index (χ0n) is 15.3. The third-order valence-corrected chi connectivity index (χ3v) is 6.25. The number of hydrogen-bond acceptors (Lipinski definition) is 5. The van der Waals surface area contributed by atoms with Crippen LogP contribution in [0.25, 0.3) is 0 Å². The van der Waals surface area contributed by atoms with Gasteiger partial charge in [0.15, 0.2) is 0 Å². The Bertz CT molecular complexity index is 1010. The minimum absolute atomic E-state index is 0.0338. The molecule has 0 radical (unpaired) electrons. The molecule has 28 heavy (non-hydrogen) atoms. The summed E-state index contributed by atoms with van der Waals surface area (Å²) in [4.78, 5) is 14.1. The smallest absolute Gasteiger partial charge is 0.253 e. The van der Waals surface area contributed by atoms with Gasteiger partial charge in [0.05, 0.1) is 18.3 Å². The fourth-order valence-electron chi connectivity index (χ4n) is 3.88. The van der Waals surface area contributed by atoms with Gasteiger partial charge < -0.3 is 8.83 Å². The first-order chi connectivity index (χ1) is 13.8. The van der Waals surface area contributed by atoms with Crippen molar-refractivity contribution in [1.29, 1.82) is 0 Å². The molecule has 1 aliphatic heterocycles. The maximum Gasteiger partial charge on any atom is 0.253 e. The molecule has 142 valence electrons. The molecule has 0 fully saturated rings. The quantitative estimate of drug-likeness (QED) is 0.584. The highest BCUT2D eigenvalue weighted by Gasteiger charge is 2.35. The lowest BCUT2D eigenvalue weighted by molar-refractivity contribution is -0.130. The van der Waals surface area contributed by atoms with Crippen molar-refractivity contribution in [3.63, 3.8) is 0 Å². The molecule has 1 unspecified atom stereocenters. The van der Waals surface area contributed by atoms with E-state index in [1.54, 1.807) is 29.3 Å². The molecule has 1 aromatic carbocycles. The molecule has 0 spiro atoms. The van der Waals surface area contributed by atoms with Crippen molar-refractivity contribution in [2.45, 2.75) is 36.6 Å². The monoisotopic (exact) mass is 392 g/mol. The largest absolute Gasteiger partial charge is 0.467 e. The second kappa shape index (κ2) is 7.36. The molecule has 3 heterocycles. The zero-order chi connectivity index (χ0) is 18.9. The minimum Gasteiger partial charge on any atom is -0.467 e. The van der Waals surface area contributed by atoms with Gasteiger partial charge in [-0.1, -0.05) is 6.07 Å². The van der Waals surface area contributed by atoms with Crippen molar-refractivity contribution in [1.82, 2.24) is 5.01 Å². The maximum absolute atomic E-state index is 13.0. The molecule has 5 nitrogen and oxygen atoms in total. The second-order valence-electron chi connectivity index (χ2n) is 7.07. The van der Waals surface area contributed by atoms with Gasteiger partial charge in [0, 0.05) is 11.3 Å². The van der Waals surface area contributed by atoms with Crippen molar-refractivity contribution in [3.05, 3.63) is 77.6 Å². The second-order valence-corrected chi connectivity index (χ2v) is 8.12. The van der Waals surface area contributed by atoms with Crippen LogP contribution in [0.5, 0.6) is 0 Å². The van der Waals surface area contributed by atoms with Crippen LogP contribution in [0.1, 0.15) is 41.5 Å². The van der Waals surface area contributed by atoms with Crippen LogP contribution in [0.15, 0.2) is 73.8 Å². The summed E-state index contributed by atoms with van der Waals surface area (Å²) in [6, 6.07) is 13.7. The van der Waals surface area contributed by atoms with E-state index >= 15 is 0 Å². The highest BCUT2D eigenvalue weighted by atomic mass is 32.2. The summed E-state index contributed by atoms with van der Waals surface area (Å²) < 4.78 is 11.1. The average Bonchev–Trinajstić information content (AvgIpc) is 3.50. The summed E-state index contributed by atoms with van der Waals surface area (Å²) in [5.74, 6) is 1.73. The van der Waals surface area contributed by atoms with Gasteiger partial charge in [0.1, 0.15) is 23.3 Å². The molecular formula is C22H20N2O3S. The van der Waals surface area contributed by atoms with Gasteiger partial charge in [-0.3, -0.25) is 4.79 Å². The van der Waals surface area contributed by atoms with Crippen molar-refractivity contribution >= 4 is 23.4 Å². The van der Waals surface area contributed by atoms with Gasteiger partial charge in [-0.05, 0) is 66.8 Å². The van der Waals surface area contributed by atoms with Crippen LogP contribution >= 0.6 is 11.8 Å². The Kier molecular flexibility index (Phi) is 4.56. The minimum atomic E-state index is -0.233. The predicted molar refractivity (Wildman–Crippen MR) is 107 cm³/mol. The molecule has 5 rings (SSSR count). The first kappa shape index (κ1) is 17.4. The highest BCUT2D eigenvalue weighted by molar-refractivity contribution is 8.00. The van der Waals surface area contributed by atoms with E-state index in [1.807, 2.05) is 24.3 Å². The number of hydrazone groups is 1. The number of carbonyl (C=O) groups is 1. The van der Waals surface area contributed by atoms with Crippen LogP contribution in [-0.2, 0) is 17.6 Å². The van der Waals surface area contributed by atoms with E-state index in [2.05, 4.69) is 23.3 Å². The standard InChI is InChI=1S/C22H20N2O3S/c25-22(14-28-17-9-8-15-4-1-5-16(15)12-17)24-19(21-7-3-11-27-21)13-18(23-24)20-6-2-10-26-20/h2-3,6-12,19H,1,4-5,13-14H2. The number of carbonyl (C=O) groups excluding carboxylic acids is 1. The number of aryl methyl sites for hydroxylation is 2. The Morgan fingerprint density at radius 1 is 1.11 bits per heavy atom. The number of nitrogens with zero attached hydrogens (tertiary/aromatic N) is 2. The number of hydrogen-bond donors (Lipinski definition) is 0. The van der Waals surface area contributed by atoms with Gasteiger partial charge in [0.2, 0.25) is 0 Å². The van der Waals surface area contributed by atoms with E-state index in [0.717, 1.165) is 22.8 Å². The van der Waals surface area contributed by atoms with E-state index in [1.165, 1.54) is 24.0 Å². The maximum atomic E-state index is 13.0. The molecule has 1 atom stereocenters. The first-order valence-electron chi connectivity index (χ1n) is 9.49. The van der Waals surface area contributed by atoms with E-state index in [4.69, 9.17) is 8.83 Å². The predicted octanol–water partition coefficient (Wildman–Crippen LogP) is 4.83. The van der Waals surface area contributed by atoms with Crippen LogP contribution in [0.4, 0.5) is 0 Å². The third kappa shape index (κ3) is 3.29. The van der Waals surface area contributed by atoms with Gasteiger partial charge in [-0.2, -0.15) is 5.10 Å². The Morgan fingerprint density at radius 3 is 2.79 bits per heavy atom. The first-order valence-corrected chi connectivity index (χ1v) is 10.5. The molecule has 1 amide bonds. The topological polar surface area (TPSA) is 59.0 Å². The summed E-state index contributed by atoms with van der Waals surface area (Å²) in [5.41, 5.74) is 3.63. The lowest BCUT2D eigenvalue weighted by Crippen LogP contribution is -2.28. The summed E-state index contributed by atoms with van der Waals surface area (Å²) in [6.45, 7) is 0. The van der Waals surface area contributed by atoms with E-state index in [-0.39, 0.29) is 11.9 Å². The number of rotatable bonds is 5. The summed E-state index contributed by atoms with van der Waals surface area (Å²) >= 11 is 1.56. The van der Waals surface area contributed by atoms with Crippen molar-refractivity contribution in [2.24, 2.45) is 5.10 Å². The molecule has 0 bridgehead atoms. The number of amides is 1. The van der Waals surface area contributed by atoms with Crippen LogP contribution in [0.3, 0.4) is 0 Å². The van der Waals surface area contributed by atoms with Crippen LogP contribution in [0, 0.1) is 0 Å². The molecular weight excluding hydrogens is 372 g/mol.